The van der Waals surface area contributed by atoms with Crippen molar-refractivity contribution in [3.05, 3.63) is 58.7 Å². The Morgan fingerprint density at radius 2 is 1.33 bits per heavy atom. The van der Waals surface area contributed by atoms with Gasteiger partial charge in [-0.25, -0.2) is 26.3 Å². The molecule has 0 saturated carbocycles. The lowest BCUT2D eigenvalue weighted by Crippen LogP contribution is -2.04. The summed E-state index contributed by atoms with van der Waals surface area (Å²) in [6.07, 6.45) is 0. The molecule has 2 rings (SSSR count). The van der Waals surface area contributed by atoms with E-state index in [1.54, 1.807) is 0 Å². The van der Waals surface area contributed by atoms with Gasteiger partial charge in [-0.3, -0.25) is 0 Å². The Balaban J connectivity index is 2.30. The van der Waals surface area contributed by atoms with Crippen LogP contribution in [-0.4, -0.2) is 0 Å². The molecule has 0 heterocycles. The Morgan fingerprint density at radius 3 is 1.86 bits per heavy atom. The fraction of sp³-hybridized carbons (Fsp3) is 0.0769. The second-order valence-corrected chi connectivity index (χ2v) is 4.88. The van der Waals surface area contributed by atoms with Crippen molar-refractivity contribution in [2.24, 2.45) is 0 Å². The van der Waals surface area contributed by atoms with Crippen LogP contribution < -0.4 is 4.72 Å². The van der Waals surface area contributed by atoms with Gasteiger partial charge < -0.3 is 4.72 Å². The molecule has 21 heavy (non-hydrogen) atoms. The Kier molecular flexibility index (Phi) is 4.36. The maximum atomic E-state index is 13.4. The minimum Gasteiger partial charge on any atom is -0.325 e. The molecule has 1 N–H and O–H groups in total. The second kappa shape index (κ2) is 5.88. The van der Waals surface area contributed by atoms with E-state index >= 15 is 0 Å². The standard InChI is InChI=1S/C13H7F6NS/c1-5-2-3-6(4-7(5)14)20-21-13-11(18)9(16)8(15)10(17)12(13)19/h2-4,20H,1H3. The molecule has 1 nitrogen and oxygen atoms in total. The maximum Gasteiger partial charge on any atom is 0.200 e. The Morgan fingerprint density at radius 1 is 0.810 bits per heavy atom. The quantitative estimate of drug-likeness (QED) is 0.371. The van der Waals surface area contributed by atoms with Crippen molar-refractivity contribution in [3.8, 4) is 0 Å². The van der Waals surface area contributed by atoms with Gasteiger partial charge in [0.15, 0.2) is 23.3 Å². The summed E-state index contributed by atoms with van der Waals surface area (Å²) in [7, 11) is 0. The van der Waals surface area contributed by atoms with E-state index in [-0.39, 0.29) is 17.6 Å². The van der Waals surface area contributed by atoms with Crippen molar-refractivity contribution >= 4 is 17.6 Å². The molecule has 0 aliphatic carbocycles. The first-order valence-corrected chi connectivity index (χ1v) is 6.35. The molecule has 0 spiro atoms. The average Bonchev–Trinajstić information content (AvgIpc) is 2.46. The zero-order valence-electron chi connectivity index (χ0n) is 10.4. The van der Waals surface area contributed by atoms with Crippen molar-refractivity contribution in [1.82, 2.24) is 0 Å². The van der Waals surface area contributed by atoms with E-state index in [1.807, 2.05) is 0 Å². The summed E-state index contributed by atoms with van der Waals surface area (Å²) < 4.78 is 81.2. The highest BCUT2D eigenvalue weighted by atomic mass is 32.2. The minimum atomic E-state index is -2.23. The molecular formula is C13H7F6NS. The second-order valence-electron chi connectivity index (χ2n) is 4.07. The van der Waals surface area contributed by atoms with Gasteiger partial charge in [0.05, 0.1) is 0 Å². The van der Waals surface area contributed by atoms with E-state index in [2.05, 4.69) is 4.72 Å². The van der Waals surface area contributed by atoms with Crippen LogP contribution in [0.25, 0.3) is 0 Å². The first-order valence-electron chi connectivity index (χ1n) is 5.53. The molecule has 0 radical (unpaired) electrons. The van der Waals surface area contributed by atoms with Gasteiger partial charge in [0, 0.05) is 5.69 Å². The zero-order chi connectivity index (χ0) is 15.7. The molecule has 2 aromatic carbocycles. The van der Waals surface area contributed by atoms with E-state index in [9.17, 15) is 26.3 Å². The molecule has 0 bridgehead atoms. The van der Waals surface area contributed by atoms with Crippen molar-refractivity contribution in [2.45, 2.75) is 11.8 Å². The third-order valence-corrected chi connectivity index (χ3v) is 3.51. The molecule has 0 fully saturated rings. The maximum absolute atomic E-state index is 13.4. The number of halogens is 6. The van der Waals surface area contributed by atoms with Crippen LogP contribution in [0.4, 0.5) is 32.0 Å². The normalized spacial score (nSPS) is 10.8. The number of rotatable bonds is 3. The first-order chi connectivity index (χ1) is 9.82. The van der Waals surface area contributed by atoms with Crippen molar-refractivity contribution in [1.29, 1.82) is 0 Å². The van der Waals surface area contributed by atoms with Gasteiger partial charge >= 0.3 is 0 Å². The van der Waals surface area contributed by atoms with Crippen molar-refractivity contribution < 1.29 is 26.3 Å². The van der Waals surface area contributed by atoms with Crippen LogP contribution in [0.1, 0.15) is 5.56 Å². The smallest absolute Gasteiger partial charge is 0.200 e. The van der Waals surface area contributed by atoms with Crippen LogP contribution in [-0.2, 0) is 0 Å². The molecule has 0 atom stereocenters. The highest BCUT2D eigenvalue weighted by molar-refractivity contribution is 8.00. The van der Waals surface area contributed by atoms with Crippen LogP contribution in [0.15, 0.2) is 23.1 Å². The Hall–Kier alpha value is -1.83. The van der Waals surface area contributed by atoms with Gasteiger partial charge in [0.25, 0.3) is 0 Å². The lowest BCUT2D eigenvalue weighted by molar-refractivity contribution is 0.361. The van der Waals surface area contributed by atoms with Crippen LogP contribution in [0.5, 0.6) is 0 Å². The number of aryl methyl sites for hydroxylation is 1. The summed E-state index contributed by atoms with van der Waals surface area (Å²) in [5.41, 5.74) is 0.467. The van der Waals surface area contributed by atoms with Crippen LogP contribution in [0, 0.1) is 41.8 Å². The summed E-state index contributed by atoms with van der Waals surface area (Å²) in [6.45, 7) is 1.51. The molecule has 0 amide bonds. The van der Waals surface area contributed by atoms with Gasteiger partial charge in [-0.1, -0.05) is 6.07 Å². The molecule has 0 aromatic heterocycles. The Bertz CT molecular complexity index is 675. The Labute approximate surface area is 120 Å². The molecule has 0 saturated heterocycles. The van der Waals surface area contributed by atoms with E-state index in [4.69, 9.17) is 0 Å². The van der Waals surface area contributed by atoms with Crippen molar-refractivity contribution in [2.75, 3.05) is 4.72 Å². The van der Waals surface area contributed by atoms with Gasteiger partial charge in [-0.15, -0.1) is 0 Å². The lowest BCUT2D eigenvalue weighted by atomic mass is 10.2. The van der Waals surface area contributed by atoms with Crippen LogP contribution >= 0.6 is 11.9 Å². The van der Waals surface area contributed by atoms with Gasteiger partial charge in [-0.2, -0.15) is 0 Å². The summed E-state index contributed by atoms with van der Waals surface area (Å²) in [5, 5.41) is 0. The van der Waals surface area contributed by atoms with E-state index in [0.717, 1.165) is 6.07 Å². The van der Waals surface area contributed by atoms with Crippen LogP contribution in [0.2, 0.25) is 0 Å². The zero-order valence-corrected chi connectivity index (χ0v) is 11.2. The number of benzene rings is 2. The first kappa shape index (κ1) is 15.6. The summed E-state index contributed by atoms with van der Waals surface area (Å²) >= 11 is 0.165. The third-order valence-electron chi connectivity index (χ3n) is 2.61. The molecule has 8 heteroatoms. The number of hydrogen-bond acceptors (Lipinski definition) is 2. The minimum absolute atomic E-state index is 0.118. The molecule has 0 aliphatic rings. The summed E-state index contributed by atoms with van der Waals surface area (Å²) in [4.78, 5) is -1.09. The van der Waals surface area contributed by atoms with E-state index < -0.39 is 39.8 Å². The van der Waals surface area contributed by atoms with Gasteiger partial charge in [0.1, 0.15) is 10.7 Å². The fourth-order valence-electron chi connectivity index (χ4n) is 1.44. The summed E-state index contributed by atoms with van der Waals surface area (Å²) in [6, 6.07) is 3.84. The topological polar surface area (TPSA) is 12.0 Å². The SMILES string of the molecule is Cc1ccc(NSc2c(F)c(F)c(F)c(F)c2F)cc1F. The largest absolute Gasteiger partial charge is 0.325 e. The number of hydrogen-bond donors (Lipinski definition) is 1. The highest BCUT2D eigenvalue weighted by Gasteiger charge is 2.26. The average molecular weight is 323 g/mol. The monoisotopic (exact) mass is 323 g/mol. The van der Waals surface area contributed by atoms with Crippen LogP contribution in [0.3, 0.4) is 0 Å². The summed E-state index contributed by atoms with van der Waals surface area (Å²) in [5.74, 6) is -10.8. The van der Waals surface area contributed by atoms with Crippen molar-refractivity contribution in [3.63, 3.8) is 0 Å². The highest BCUT2D eigenvalue weighted by Crippen LogP contribution is 2.31. The molecule has 112 valence electrons. The molecule has 0 aliphatic heterocycles. The third kappa shape index (κ3) is 2.94. The van der Waals surface area contributed by atoms with Gasteiger partial charge in [0.2, 0.25) is 5.82 Å². The molecule has 2 aromatic rings. The van der Waals surface area contributed by atoms with E-state index in [0.29, 0.717) is 5.56 Å². The van der Waals surface area contributed by atoms with Gasteiger partial charge in [-0.05, 0) is 36.6 Å². The van der Waals surface area contributed by atoms with E-state index in [1.165, 1.54) is 19.1 Å². The number of anilines is 1. The predicted octanol–water partition coefficient (Wildman–Crippen LogP) is 4.95. The molecule has 0 unspecified atom stereocenters. The fourth-order valence-corrected chi connectivity index (χ4v) is 2.15. The lowest BCUT2D eigenvalue weighted by Gasteiger charge is -2.09. The predicted molar refractivity (Wildman–Crippen MR) is 66.8 cm³/mol. The molecular weight excluding hydrogens is 316 g/mol. The number of nitrogens with one attached hydrogen (secondary N) is 1.